The number of hydrogen-bond donors (Lipinski definition) is 1. The van der Waals surface area contributed by atoms with E-state index in [1.54, 1.807) is 23.7 Å². The van der Waals surface area contributed by atoms with Crippen molar-refractivity contribution in [1.29, 1.82) is 0 Å². The minimum absolute atomic E-state index is 0.00302. The van der Waals surface area contributed by atoms with Gasteiger partial charge in [-0.05, 0) is 38.1 Å². The number of aryl methyl sites for hydroxylation is 1. The zero-order valence-electron chi connectivity index (χ0n) is 14.7. The maximum absolute atomic E-state index is 12.7. The number of rotatable bonds is 4. The molecule has 1 amide bonds. The lowest BCUT2D eigenvalue weighted by Crippen LogP contribution is -2.17. The van der Waals surface area contributed by atoms with Crippen molar-refractivity contribution in [1.82, 2.24) is 9.78 Å². The number of benzene rings is 2. The summed E-state index contributed by atoms with van der Waals surface area (Å²) in [5, 5.41) is 7.29. The van der Waals surface area contributed by atoms with E-state index in [9.17, 15) is 13.2 Å². The molecule has 0 radical (unpaired) electrons. The van der Waals surface area contributed by atoms with Crippen molar-refractivity contribution in [2.45, 2.75) is 18.7 Å². The van der Waals surface area contributed by atoms with E-state index in [0.29, 0.717) is 11.4 Å². The Morgan fingerprint density at radius 1 is 1.00 bits per heavy atom. The Labute approximate surface area is 152 Å². The van der Waals surface area contributed by atoms with Crippen LogP contribution in [0.4, 0.5) is 5.69 Å². The van der Waals surface area contributed by atoms with E-state index >= 15 is 0 Å². The van der Waals surface area contributed by atoms with Gasteiger partial charge in [0.25, 0.3) is 5.91 Å². The molecule has 1 N–H and O–H groups in total. The first-order valence-corrected chi connectivity index (χ1v) is 9.90. The average molecular weight is 369 g/mol. The average Bonchev–Trinajstić information content (AvgIpc) is 2.90. The van der Waals surface area contributed by atoms with Crippen molar-refractivity contribution in [2.75, 3.05) is 11.6 Å². The van der Waals surface area contributed by atoms with Crippen LogP contribution in [0.3, 0.4) is 0 Å². The van der Waals surface area contributed by atoms with Crippen molar-refractivity contribution in [3.05, 3.63) is 71.5 Å². The van der Waals surface area contributed by atoms with Gasteiger partial charge in [-0.25, -0.2) is 13.1 Å². The fraction of sp³-hybridized carbons (Fsp3) is 0.158. The Balaban J connectivity index is 1.99. The maximum Gasteiger partial charge on any atom is 0.257 e. The number of sulfone groups is 1. The molecule has 0 aliphatic heterocycles. The molecule has 2 aromatic carbocycles. The molecule has 3 aromatic rings. The van der Waals surface area contributed by atoms with E-state index in [4.69, 9.17) is 0 Å². The van der Waals surface area contributed by atoms with Crippen LogP contribution in [0.25, 0.3) is 5.69 Å². The van der Waals surface area contributed by atoms with Crippen molar-refractivity contribution >= 4 is 21.4 Å². The zero-order valence-corrected chi connectivity index (χ0v) is 15.5. The molecule has 0 bridgehead atoms. The van der Waals surface area contributed by atoms with E-state index in [2.05, 4.69) is 10.4 Å². The Hall–Kier alpha value is -2.93. The molecule has 26 heavy (non-hydrogen) atoms. The first-order valence-electron chi connectivity index (χ1n) is 8.01. The fourth-order valence-electron chi connectivity index (χ4n) is 2.80. The van der Waals surface area contributed by atoms with Crippen LogP contribution in [-0.4, -0.2) is 30.4 Å². The highest BCUT2D eigenvalue weighted by atomic mass is 32.2. The Morgan fingerprint density at radius 3 is 2.27 bits per heavy atom. The van der Waals surface area contributed by atoms with Crippen LogP contribution >= 0.6 is 0 Å². The van der Waals surface area contributed by atoms with Crippen LogP contribution in [-0.2, 0) is 9.84 Å². The highest BCUT2D eigenvalue weighted by molar-refractivity contribution is 7.90. The number of carbonyl (C=O) groups excluding carboxylic acids is 1. The van der Waals surface area contributed by atoms with Gasteiger partial charge in [-0.1, -0.05) is 30.3 Å². The standard InChI is InChI=1S/C19H19N3O3S/c1-13-18(14(2)22(21-13)15-9-5-4-6-10-15)20-19(23)16-11-7-8-12-17(16)26(3,24)25/h4-12H,1-3H3,(H,20,23). The third kappa shape index (κ3) is 3.39. The van der Waals surface area contributed by atoms with Gasteiger partial charge in [0.05, 0.1) is 33.2 Å². The molecule has 0 saturated carbocycles. The Bertz CT molecular complexity index is 1070. The molecule has 0 fully saturated rings. The van der Waals surface area contributed by atoms with Gasteiger partial charge in [0.1, 0.15) is 0 Å². The van der Waals surface area contributed by atoms with Crippen LogP contribution in [0.2, 0.25) is 0 Å². The second-order valence-corrected chi connectivity index (χ2v) is 8.00. The molecule has 3 rings (SSSR count). The monoisotopic (exact) mass is 369 g/mol. The molecule has 6 nitrogen and oxygen atoms in total. The number of para-hydroxylation sites is 1. The van der Waals surface area contributed by atoms with Gasteiger partial charge in [0.2, 0.25) is 0 Å². The summed E-state index contributed by atoms with van der Waals surface area (Å²) in [7, 11) is -3.51. The smallest absolute Gasteiger partial charge is 0.257 e. The second-order valence-electron chi connectivity index (χ2n) is 6.02. The lowest BCUT2D eigenvalue weighted by molar-refractivity contribution is 0.102. The maximum atomic E-state index is 12.7. The predicted octanol–water partition coefficient (Wildman–Crippen LogP) is 3.14. The Kier molecular flexibility index (Phi) is 4.65. The van der Waals surface area contributed by atoms with Gasteiger partial charge in [0.15, 0.2) is 9.84 Å². The second kappa shape index (κ2) is 6.76. The number of nitrogens with zero attached hydrogens (tertiary/aromatic N) is 2. The highest BCUT2D eigenvalue weighted by Crippen LogP contribution is 2.24. The van der Waals surface area contributed by atoms with Crippen LogP contribution in [0, 0.1) is 13.8 Å². The molecule has 0 atom stereocenters. The molecule has 1 aromatic heterocycles. The summed E-state index contributed by atoms with van der Waals surface area (Å²) < 4.78 is 25.6. The third-order valence-corrected chi connectivity index (χ3v) is 5.22. The largest absolute Gasteiger partial charge is 0.319 e. The number of amides is 1. The number of anilines is 1. The van der Waals surface area contributed by atoms with E-state index in [0.717, 1.165) is 17.6 Å². The quantitative estimate of drug-likeness (QED) is 0.766. The number of aromatic nitrogens is 2. The normalized spacial score (nSPS) is 11.3. The first-order chi connectivity index (χ1) is 12.3. The molecule has 0 aliphatic carbocycles. The molecular formula is C19H19N3O3S. The third-order valence-electron chi connectivity index (χ3n) is 4.06. The number of hydrogen-bond acceptors (Lipinski definition) is 4. The summed E-state index contributed by atoms with van der Waals surface area (Å²) in [6.45, 7) is 3.65. The van der Waals surface area contributed by atoms with Crippen LogP contribution in [0.15, 0.2) is 59.5 Å². The first kappa shape index (κ1) is 17.9. The molecule has 1 heterocycles. The summed E-state index contributed by atoms with van der Waals surface area (Å²) in [6.07, 6.45) is 1.09. The van der Waals surface area contributed by atoms with Crippen LogP contribution < -0.4 is 5.32 Å². The lowest BCUT2D eigenvalue weighted by atomic mass is 10.2. The molecule has 0 saturated heterocycles. The Morgan fingerprint density at radius 2 is 1.62 bits per heavy atom. The van der Waals surface area contributed by atoms with Gasteiger partial charge >= 0.3 is 0 Å². The van der Waals surface area contributed by atoms with E-state index in [-0.39, 0.29) is 10.5 Å². The van der Waals surface area contributed by atoms with Crippen LogP contribution in [0.5, 0.6) is 0 Å². The molecule has 0 aliphatic rings. The van der Waals surface area contributed by atoms with Gasteiger partial charge in [0, 0.05) is 6.26 Å². The minimum Gasteiger partial charge on any atom is -0.319 e. The van der Waals surface area contributed by atoms with Gasteiger partial charge in [-0.2, -0.15) is 5.10 Å². The van der Waals surface area contributed by atoms with E-state index in [1.165, 1.54) is 12.1 Å². The summed E-state index contributed by atoms with van der Waals surface area (Å²) >= 11 is 0. The van der Waals surface area contributed by atoms with E-state index < -0.39 is 15.7 Å². The summed E-state index contributed by atoms with van der Waals surface area (Å²) in [6, 6.07) is 15.7. The van der Waals surface area contributed by atoms with Crippen molar-refractivity contribution in [2.24, 2.45) is 0 Å². The van der Waals surface area contributed by atoms with Gasteiger partial charge in [-0.3, -0.25) is 4.79 Å². The molecular weight excluding hydrogens is 350 g/mol. The number of nitrogens with one attached hydrogen (secondary N) is 1. The van der Waals surface area contributed by atoms with Gasteiger partial charge < -0.3 is 5.32 Å². The van der Waals surface area contributed by atoms with Crippen LogP contribution in [0.1, 0.15) is 21.7 Å². The SMILES string of the molecule is Cc1nn(-c2ccccc2)c(C)c1NC(=O)c1ccccc1S(C)(=O)=O. The predicted molar refractivity (Wildman–Crippen MR) is 101 cm³/mol. The van der Waals surface area contributed by atoms with Crippen molar-refractivity contribution in [3.8, 4) is 5.69 Å². The fourth-order valence-corrected chi connectivity index (χ4v) is 3.69. The summed E-state index contributed by atoms with van der Waals surface area (Å²) in [5.74, 6) is -0.482. The number of carbonyl (C=O) groups is 1. The molecule has 0 unspecified atom stereocenters. The van der Waals surface area contributed by atoms with E-state index in [1.807, 2.05) is 37.3 Å². The molecule has 0 spiro atoms. The highest BCUT2D eigenvalue weighted by Gasteiger charge is 2.21. The zero-order chi connectivity index (χ0) is 18.9. The topological polar surface area (TPSA) is 81.1 Å². The van der Waals surface area contributed by atoms with Crippen molar-refractivity contribution in [3.63, 3.8) is 0 Å². The molecule has 134 valence electrons. The summed E-state index contributed by atoms with van der Waals surface area (Å²) in [4.78, 5) is 12.7. The minimum atomic E-state index is -3.51. The summed E-state index contributed by atoms with van der Waals surface area (Å²) in [5.41, 5.74) is 2.98. The lowest BCUT2D eigenvalue weighted by Gasteiger charge is -2.10. The van der Waals surface area contributed by atoms with Crippen molar-refractivity contribution < 1.29 is 13.2 Å². The molecule has 7 heteroatoms. The van der Waals surface area contributed by atoms with Gasteiger partial charge in [-0.15, -0.1) is 0 Å².